The third kappa shape index (κ3) is 2.79. The molecule has 0 aliphatic heterocycles. The van der Waals surface area contributed by atoms with Crippen LogP contribution in [0.3, 0.4) is 0 Å². The van der Waals surface area contributed by atoms with Crippen molar-refractivity contribution in [3.63, 3.8) is 0 Å². The minimum Gasteiger partial charge on any atom is -0.322 e. The van der Waals surface area contributed by atoms with Gasteiger partial charge in [0.1, 0.15) is 0 Å². The van der Waals surface area contributed by atoms with Gasteiger partial charge in [0.25, 0.3) is 5.91 Å². The van der Waals surface area contributed by atoms with Crippen molar-refractivity contribution in [2.45, 2.75) is 0 Å². The summed E-state index contributed by atoms with van der Waals surface area (Å²) in [5.41, 5.74) is 1.25. The van der Waals surface area contributed by atoms with Crippen molar-refractivity contribution in [2.24, 2.45) is 0 Å². The van der Waals surface area contributed by atoms with Crippen molar-refractivity contribution in [1.82, 2.24) is 14.8 Å². The van der Waals surface area contributed by atoms with Gasteiger partial charge in [-0.2, -0.15) is 9.49 Å². The number of carbonyl (C=O) groups is 1. The fraction of sp³-hybridized carbons (Fsp3) is 0. The van der Waals surface area contributed by atoms with E-state index in [2.05, 4.69) is 15.4 Å². The molecule has 0 radical (unpaired) electrons. The Hall–Kier alpha value is -3.02. The summed E-state index contributed by atoms with van der Waals surface area (Å²) in [5, 5.41) is 6.75. The van der Waals surface area contributed by atoms with Gasteiger partial charge in [-0.05, 0) is 36.4 Å². The Bertz CT molecular complexity index is 771. The number of amides is 1. The van der Waals surface area contributed by atoms with Crippen LogP contribution in [0.4, 0.5) is 10.1 Å². The van der Waals surface area contributed by atoms with Crippen molar-refractivity contribution in [3.05, 3.63) is 72.6 Å². The van der Waals surface area contributed by atoms with Gasteiger partial charge in [0.05, 0.1) is 11.3 Å². The van der Waals surface area contributed by atoms with Crippen LogP contribution in [0.1, 0.15) is 10.4 Å². The average molecular weight is 282 g/mol. The molecule has 5 nitrogen and oxygen atoms in total. The number of nitrogens with one attached hydrogen (secondary N) is 1. The number of anilines is 1. The molecule has 0 aliphatic rings. The number of hydrogen-bond donors (Lipinski definition) is 1. The highest BCUT2D eigenvalue weighted by Gasteiger charge is 2.12. The predicted molar refractivity (Wildman–Crippen MR) is 75.7 cm³/mol. The smallest absolute Gasteiger partial charge is 0.260 e. The van der Waals surface area contributed by atoms with Crippen LogP contribution >= 0.6 is 0 Å². The number of benzene rings is 1. The van der Waals surface area contributed by atoms with Crippen LogP contribution < -0.4 is 5.32 Å². The predicted octanol–water partition coefficient (Wildman–Crippen LogP) is 2.66. The highest BCUT2D eigenvalue weighted by atomic mass is 19.1. The van der Waals surface area contributed by atoms with Crippen LogP contribution in [-0.2, 0) is 0 Å². The molecule has 1 amide bonds. The largest absolute Gasteiger partial charge is 0.322 e. The molecule has 0 bridgehead atoms. The number of pyridine rings is 1. The molecule has 0 fully saturated rings. The summed E-state index contributed by atoms with van der Waals surface area (Å²) in [6.07, 6.45) is 4.75. The summed E-state index contributed by atoms with van der Waals surface area (Å²) in [5.74, 6) is -1.34. The average Bonchev–Trinajstić information content (AvgIpc) is 3.02. The molecule has 0 spiro atoms. The lowest BCUT2D eigenvalue weighted by Gasteiger charge is -2.08. The first-order chi connectivity index (χ1) is 10.2. The van der Waals surface area contributed by atoms with Gasteiger partial charge in [-0.25, -0.2) is 9.67 Å². The maximum atomic E-state index is 13.5. The molecule has 3 rings (SSSR count). The van der Waals surface area contributed by atoms with E-state index < -0.39 is 11.9 Å². The molecule has 0 saturated heterocycles. The van der Waals surface area contributed by atoms with Gasteiger partial charge in [-0.1, -0.05) is 6.07 Å². The Morgan fingerprint density at radius 1 is 1.14 bits per heavy atom. The molecule has 0 aliphatic carbocycles. The first kappa shape index (κ1) is 13.0. The third-order valence-electron chi connectivity index (χ3n) is 2.88. The molecular formula is C15H11FN4O. The quantitative estimate of drug-likeness (QED) is 0.751. The summed E-state index contributed by atoms with van der Waals surface area (Å²) in [6, 6.07) is 11.8. The Morgan fingerprint density at radius 2 is 2.05 bits per heavy atom. The molecule has 2 heterocycles. The van der Waals surface area contributed by atoms with Gasteiger partial charge in [0, 0.05) is 24.3 Å². The molecule has 6 heteroatoms. The van der Waals surface area contributed by atoms with E-state index in [0.29, 0.717) is 5.69 Å². The fourth-order valence-electron chi connectivity index (χ4n) is 1.90. The summed E-state index contributed by atoms with van der Waals surface area (Å²) in [7, 11) is 0. The second-order valence-electron chi connectivity index (χ2n) is 4.30. The normalized spacial score (nSPS) is 10.3. The number of halogens is 1. The van der Waals surface area contributed by atoms with E-state index in [4.69, 9.17) is 0 Å². The van der Waals surface area contributed by atoms with Gasteiger partial charge in [0.15, 0.2) is 0 Å². The van der Waals surface area contributed by atoms with E-state index in [0.717, 1.165) is 5.69 Å². The second kappa shape index (κ2) is 5.54. The monoisotopic (exact) mass is 282 g/mol. The summed E-state index contributed by atoms with van der Waals surface area (Å²) in [4.78, 5) is 15.5. The SMILES string of the molecule is O=C(Nc1cccc(-n2cccn2)c1)c1cccnc1F. The van der Waals surface area contributed by atoms with E-state index in [-0.39, 0.29) is 5.56 Å². The molecule has 2 aromatic heterocycles. The first-order valence-corrected chi connectivity index (χ1v) is 6.26. The van der Waals surface area contributed by atoms with Crippen molar-refractivity contribution >= 4 is 11.6 Å². The van der Waals surface area contributed by atoms with Gasteiger partial charge in [-0.15, -0.1) is 0 Å². The lowest BCUT2D eigenvalue weighted by Crippen LogP contribution is -2.14. The van der Waals surface area contributed by atoms with Gasteiger partial charge < -0.3 is 5.32 Å². The minimum absolute atomic E-state index is 0.0954. The lowest BCUT2D eigenvalue weighted by atomic mass is 10.2. The zero-order valence-electron chi connectivity index (χ0n) is 10.9. The number of rotatable bonds is 3. The number of hydrogen-bond acceptors (Lipinski definition) is 3. The number of aromatic nitrogens is 3. The fourth-order valence-corrected chi connectivity index (χ4v) is 1.90. The van der Waals surface area contributed by atoms with Gasteiger partial charge in [-0.3, -0.25) is 4.79 Å². The maximum Gasteiger partial charge on any atom is 0.260 e. The van der Waals surface area contributed by atoms with Gasteiger partial charge >= 0.3 is 0 Å². The zero-order chi connectivity index (χ0) is 14.7. The van der Waals surface area contributed by atoms with Crippen LogP contribution in [0.25, 0.3) is 5.69 Å². The molecule has 0 unspecified atom stereocenters. The van der Waals surface area contributed by atoms with E-state index in [1.54, 1.807) is 41.3 Å². The van der Waals surface area contributed by atoms with Crippen LogP contribution in [0.5, 0.6) is 0 Å². The Kier molecular flexibility index (Phi) is 3.42. The Labute approximate surface area is 120 Å². The molecule has 1 aromatic carbocycles. The summed E-state index contributed by atoms with van der Waals surface area (Å²) < 4.78 is 15.1. The topological polar surface area (TPSA) is 59.8 Å². The molecule has 0 saturated carbocycles. The molecular weight excluding hydrogens is 271 g/mol. The van der Waals surface area contributed by atoms with Gasteiger partial charge in [0.2, 0.25) is 5.95 Å². The van der Waals surface area contributed by atoms with Crippen LogP contribution in [0.2, 0.25) is 0 Å². The molecule has 104 valence electrons. The summed E-state index contributed by atoms with van der Waals surface area (Å²) in [6.45, 7) is 0. The lowest BCUT2D eigenvalue weighted by molar-refractivity contribution is 0.102. The third-order valence-corrected chi connectivity index (χ3v) is 2.88. The first-order valence-electron chi connectivity index (χ1n) is 6.26. The molecule has 3 aromatic rings. The number of carbonyl (C=O) groups excluding carboxylic acids is 1. The van der Waals surface area contributed by atoms with Crippen molar-refractivity contribution in [2.75, 3.05) is 5.32 Å². The number of nitrogens with zero attached hydrogens (tertiary/aromatic N) is 3. The molecule has 0 atom stereocenters. The van der Waals surface area contributed by atoms with Crippen LogP contribution in [-0.4, -0.2) is 20.7 Å². The molecule has 1 N–H and O–H groups in total. The summed E-state index contributed by atoms with van der Waals surface area (Å²) >= 11 is 0. The Morgan fingerprint density at radius 3 is 2.81 bits per heavy atom. The van der Waals surface area contributed by atoms with E-state index in [1.807, 2.05) is 6.07 Å². The Balaban J connectivity index is 1.84. The van der Waals surface area contributed by atoms with Crippen LogP contribution in [0.15, 0.2) is 61.1 Å². The van der Waals surface area contributed by atoms with Crippen molar-refractivity contribution in [3.8, 4) is 5.69 Å². The van der Waals surface area contributed by atoms with E-state index >= 15 is 0 Å². The highest BCUT2D eigenvalue weighted by molar-refractivity contribution is 6.04. The van der Waals surface area contributed by atoms with E-state index in [9.17, 15) is 9.18 Å². The maximum absolute atomic E-state index is 13.5. The zero-order valence-corrected chi connectivity index (χ0v) is 10.9. The van der Waals surface area contributed by atoms with Crippen LogP contribution in [0, 0.1) is 5.95 Å². The molecule has 21 heavy (non-hydrogen) atoms. The van der Waals surface area contributed by atoms with Crippen molar-refractivity contribution < 1.29 is 9.18 Å². The highest BCUT2D eigenvalue weighted by Crippen LogP contribution is 2.15. The standard InChI is InChI=1S/C15H11FN4O/c16-14-13(6-2-7-17-14)15(21)19-11-4-1-5-12(10-11)20-9-3-8-18-20/h1-10H,(H,19,21). The van der Waals surface area contributed by atoms with E-state index in [1.165, 1.54) is 18.3 Å². The minimum atomic E-state index is -0.793. The van der Waals surface area contributed by atoms with Crippen molar-refractivity contribution in [1.29, 1.82) is 0 Å². The second-order valence-corrected chi connectivity index (χ2v) is 4.30.